The van der Waals surface area contributed by atoms with E-state index in [1.807, 2.05) is 38.1 Å². The lowest BCUT2D eigenvalue weighted by atomic mass is 10.0. The molecule has 2 aromatic heterocycles. The van der Waals surface area contributed by atoms with Gasteiger partial charge in [0.2, 0.25) is 5.13 Å². The highest BCUT2D eigenvalue weighted by Gasteiger charge is 2.11. The third-order valence-electron chi connectivity index (χ3n) is 3.10. The molecule has 0 aliphatic heterocycles. The number of hydrazone groups is 1. The van der Waals surface area contributed by atoms with Crippen LogP contribution in [0.15, 0.2) is 39.3 Å². The zero-order valence-corrected chi connectivity index (χ0v) is 13.0. The number of benzene rings is 1. The van der Waals surface area contributed by atoms with E-state index in [0.29, 0.717) is 10.9 Å². The Morgan fingerprint density at radius 2 is 2.23 bits per heavy atom. The van der Waals surface area contributed by atoms with Crippen molar-refractivity contribution in [2.75, 3.05) is 11.2 Å². The van der Waals surface area contributed by atoms with Crippen LogP contribution in [0.25, 0.3) is 11.1 Å². The number of nitrogen functional groups attached to an aromatic ring is 1. The number of rotatable bonds is 4. The van der Waals surface area contributed by atoms with Gasteiger partial charge in [-0.2, -0.15) is 5.10 Å². The Morgan fingerprint density at radius 1 is 1.36 bits per heavy atom. The normalized spacial score (nSPS) is 11.2. The van der Waals surface area contributed by atoms with Crippen molar-refractivity contribution < 1.29 is 4.52 Å². The van der Waals surface area contributed by atoms with Crippen molar-refractivity contribution in [3.63, 3.8) is 0 Å². The summed E-state index contributed by atoms with van der Waals surface area (Å²) in [6, 6.07) is 8.01. The van der Waals surface area contributed by atoms with Gasteiger partial charge in [0.15, 0.2) is 0 Å². The van der Waals surface area contributed by atoms with Gasteiger partial charge >= 0.3 is 0 Å². The maximum absolute atomic E-state index is 5.56. The number of thiazole rings is 1. The molecule has 0 unspecified atom stereocenters. The Morgan fingerprint density at radius 3 is 2.91 bits per heavy atom. The lowest BCUT2D eigenvalue weighted by Gasteiger charge is -2.01. The number of anilines is 2. The largest absolute Gasteiger partial charge is 0.383 e. The SMILES string of the molecule is Cc1noc(C)c1-c1cccc(C=NNc2nc(N)cs2)c1. The van der Waals surface area contributed by atoms with Crippen LogP contribution >= 0.6 is 11.3 Å². The van der Waals surface area contributed by atoms with E-state index in [4.69, 9.17) is 10.3 Å². The average molecular weight is 313 g/mol. The van der Waals surface area contributed by atoms with Gasteiger partial charge in [-0.3, -0.25) is 5.43 Å². The van der Waals surface area contributed by atoms with E-state index in [2.05, 4.69) is 20.7 Å². The molecule has 3 aromatic rings. The Kier molecular flexibility index (Phi) is 3.88. The summed E-state index contributed by atoms with van der Waals surface area (Å²) in [4.78, 5) is 4.07. The first-order valence-corrected chi connectivity index (χ1v) is 7.55. The zero-order valence-electron chi connectivity index (χ0n) is 12.2. The van der Waals surface area contributed by atoms with Crippen LogP contribution in [0.5, 0.6) is 0 Å². The first-order valence-electron chi connectivity index (χ1n) is 6.67. The van der Waals surface area contributed by atoms with Crippen molar-refractivity contribution in [3.05, 3.63) is 46.7 Å². The minimum Gasteiger partial charge on any atom is -0.383 e. The first-order chi connectivity index (χ1) is 10.6. The molecule has 0 bridgehead atoms. The molecule has 0 atom stereocenters. The summed E-state index contributed by atoms with van der Waals surface area (Å²) < 4.78 is 5.22. The van der Waals surface area contributed by atoms with Crippen LogP contribution in [0, 0.1) is 13.8 Å². The van der Waals surface area contributed by atoms with E-state index in [1.54, 1.807) is 11.6 Å². The third kappa shape index (κ3) is 2.99. The predicted octanol–water partition coefficient (Wildman–Crippen LogP) is 3.44. The maximum atomic E-state index is 5.56. The molecule has 2 heterocycles. The molecule has 22 heavy (non-hydrogen) atoms. The first kappa shape index (κ1) is 14.3. The highest BCUT2D eigenvalue weighted by atomic mass is 32.1. The second kappa shape index (κ2) is 5.98. The molecule has 0 aliphatic carbocycles. The van der Waals surface area contributed by atoms with Crippen molar-refractivity contribution in [2.24, 2.45) is 5.10 Å². The number of nitrogens with two attached hydrogens (primary N) is 1. The summed E-state index contributed by atoms with van der Waals surface area (Å²) >= 11 is 1.41. The second-order valence-electron chi connectivity index (χ2n) is 4.77. The topological polar surface area (TPSA) is 89.3 Å². The smallest absolute Gasteiger partial charge is 0.205 e. The molecule has 0 saturated heterocycles. The quantitative estimate of drug-likeness (QED) is 0.569. The van der Waals surface area contributed by atoms with Gasteiger partial charge in [-0.25, -0.2) is 4.98 Å². The molecule has 7 heteroatoms. The van der Waals surface area contributed by atoms with Crippen LogP contribution in [-0.4, -0.2) is 16.4 Å². The predicted molar refractivity (Wildman–Crippen MR) is 89.2 cm³/mol. The molecule has 0 aliphatic rings. The molecular weight excluding hydrogens is 298 g/mol. The third-order valence-corrected chi connectivity index (χ3v) is 3.87. The van der Waals surface area contributed by atoms with Crippen molar-refractivity contribution in [1.29, 1.82) is 0 Å². The molecule has 0 fully saturated rings. The monoisotopic (exact) mass is 313 g/mol. The van der Waals surface area contributed by atoms with E-state index in [0.717, 1.165) is 28.1 Å². The van der Waals surface area contributed by atoms with Crippen molar-refractivity contribution >= 4 is 28.5 Å². The highest BCUT2D eigenvalue weighted by molar-refractivity contribution is 7.14. The van der Waals surface area contributed by atoms with E-state index in [9.17, 15) is 0 Å². The molecule has 3 N–H and O–H groups in total. The van der Waals surface area contributed by atoms with Gasteiger partial charge in [-0.15, -0.1) is 11.3 Å². The van der Waals surface area contributed by atoms with E-state index < -0.39 is 0 Å². The Bertz CT molecular complexity index is 801. The molecule has 0 amide bonds. The van der Waals surface area contributed by atoms with Gasteiger partial charge in [0.1, 0.15) is 11.6 Å². The molecule has 0 spiro atoms. The fourth-order valence-corrected chi connectivity index (χ4v) is 2.72. The molecule has 6 nitrogen and oxygen atoms in total. The number of aryl methyl sites for hydroxylation is 2. The Hall–Kier alpha value is -2.67. The van der Waals surface area contributed by atoms with Crippen LogP contribution in [0.3, 0.4) is 0 Å². The van der Waals surface area contributed by atoms with Crippen LogP contribution in [0.1, 0.15) is 17.0 Å². The van der Waals surface area contributed by atoms with Crippen molar-refractivity contribution in [2.45, 2.75) is 13.8 Å². The maximum Gasteiger partial charge on any atom is 0.205 e. The van der Waals surface area contributed by atoms with Gasteiger partial charge in [-0.05, 0) is 31.0 Å². The summed E-state index contributed by atoms with van der Waals surface area (Å²) in [7, 11) is 0. The van der Waals surface area contributed by atoms with Crippen LogP contribution < -0.4 is 11.2 Å². The Balaban J connectivity index is 1.79. The van der Waals surface area contributed by atoms with E-state index in [1.165, 1.54) is 11.3 Å². The number of aromatic nitrogens is 2. The molecule has 0 radical (unpaired) electrons. The fourth-order valence-electron chi connectivity index (χ4n) is 2.17. The number of hydrogen-bond acceptors (Lipinski definition) is 7. The summed E-state index contributed by atoms with van der Waals surface area (Å²) in [6.07, 6.45) is 1.74. The van der Waals surface area contributed by atoms with E-state index in [-0.39, 0.29) is 0 Å². The van der Waals surface area contributed by atoms with Gasteiger partial charge in [0.25, 0.3) is 0 Å². The minimum atomic E-state index is 0.489. The molecule has 112 valence electrons. The number of hydrogen-bond donors (Lipinski definition) is 2. The lowest BCUT2D eigenvalue weighted by molar-refractivity contribution is 0.393. The fraction of sp³-hybridized carbons (Fsp3) is 0.133. The summed E-state index contributed by atoms with van der Waals surface area (Å²) in [5.41, 5.74) is 12.3. The Labute approximate surface area is 131 Å². The minimum absolute atomic E-state index is 0.489. The van der Waals surface area contributed by atoms with Gasteiger partial charge in [0, 0.05) is 10.9 Å². The number of nitrogens with one attached hydrogen (secondary N) is 1. The standard InChI is InChI=1S/C15H15N5OS/c1-9-14(10(2)21-20-9)12-5-3-4-11(6-12)7-17-19-15-18-13(16)8-22-15/h3-8H,16H2,1-2H3,(H,18,19). The van der Waals surface area contributed by atoms with Gasteiger partial charge < -0.3 is 10.3 Å². The summed E-state index contributed by atoms with van der Waals surface area (Å²) in [6.45, 7) is 3.84. The van der Waals surface area contributed by atoms with Crippen LogP contribution in [0.4, 0.5) is 10.9 Å². The number of nitrogens with zero attached hydrogens (tertiary/aromatic N) is 3. The van der Waals surface area contributed by atoms with Crippen LogP contribution in [-0.2, 0) is 0 Å². The second-order valence-corrected chi connectivity index (χ2v) is 5.63. The zero-order chi connectivity index (χ0) is 15.5. The molecule has 3 rings (SSSR count). The summed E-state index contributed by atoms with van der Waals surface area (Å²) in [5, 5.41) is 10.6. The van der Waals surface area contributed by atoms with Crippen LogP contribution in [0.2, 0.25) is 0 Å². The molecule has 1 aromatic carbocycles. The molecule has 0 saturated carbocycles. The summed E-state index contributed by atoms with van der Waals surface area (Å²) in [5.74, 6) is 1.30. The highest BCUT2D eigenvalue weighted by Crippen LogP contribution is 2.27. The van der Waals surface area contributed by atoms with Crippen molar-refractivity contribution in [3.8, 4) is 11.1 Å². The van der Waals surface area contributed by atoms with Gasteiger partial charge in [0.05, 0.1) is 11.9 Å². The lowest BCUT2D eigenvalue weighted by Crippen LogP contribution is -1.91. The van der Waals surface area contributed by atoms with Crippen molar-refractivity contribution in [1.82, 2.24) is 10.1 Å². The van der Waals surface area contributed by atoms with E-state index >= 15 is 0 Å². The molecular formula is C15H15N5OS. The van der Waals surface area contributed by atoms with Gasteiger partial charge in [-0.1, -0.05) is 23.4 Å². The average Bonchev–Trinajstić information content (AvgIpc) is 3.05.